The lowest BCUT2D eigenvalue weighted by Crippen LogP contribution is -2.35. The molecule has 0 radical (unpaired) electrons. The van der Waals surface area contributed by atoms with Crippen molar-refractivity contribution < 1.29 is 19.0 Å². The zero-order chi connectivity index (χ0) is 21.6. The van der Waals surface area contributed by atoms with E-state index in [1.165, 1.54) is 0 Å². The number of anilines is 1. The summed E-state index contributed by atoms with van der Waals surface area (Å²) in [5, 5.41) is 6.55. The molecule has 0 bridgehead atoms. The van der Waals surface area contributed by atoms with Crippen molar-refractivity contribution in [3.8, 4) is 5.75 Å². The maximum atomic E-state index is 12.3. The highest BCUT2D eigenvalue weighted by Crippen LogP contribution is 2.17. The molecule has 0 atom stereocenters. The highest BCUT2D eigenvalue weighted by Gasteiger charge is 2.17. The number of guanidine groups is 1. The lowest BCUT2D eigenvalue weighted by Gasteiger charge is -2.16. The average molecular weight is 421 g/mol. The molecule has 1 aliphatic rings. The predicted octanol–water partition coefficient (Wildman–Crippen LogP) is 2.51. The number of methoxy groups -OCH3 is 1. The minimum absolute atomic E-state index is 0.0668. The van der Waals surface area contributed by atoms with Crippen LogP contribution in [0.15, 0.2) is 29.3 Å². The SMILES string of the molecule is COCCOCCCNC(=NCC(=O)N1CCCC1)Nc1ccc(OC(C)C)cc1. The van der Waals surface area contributed by atoms with Crippen molar-refractivity contribution in [1.29, 1.82) is 0 Å². The predicted molar refractivity (Wildman–Crippen MR) is 119 cm³/mol. The molecule has 1 aromatic carbocycles. The Kier molecular flexibility index (Phi) is 11.0. The van der Waals surface area contributed by atoms with E-state index in [1.54, 1.807) is 7.11 Å². The third-order valence-corrected chi connectivity index (χ3v) is 4.51. The van der Waals surface area contributed by atoms with Gasteiger partial charge in [0, 0.05) is 39.0 Å². The maximum absolute atomic E-state index is 12.3. The fraction of sp³-hybridized carbons (Fsp3) is 0.636. The van der Waals surface area contributed by atoms with Gasteiger partial charge in [-0.15, -0.1) is 0 Å². The third kappa shape index (κ3) is 9.45. The molecular formula is C22H36N4O4. The smallest absolute Gasteiger partial charge is 0.244 e. The van der Waals surface area contributed by atoms with Gasteiger partial charge in [0.1, 0.15) is 12.3 Å². The second-order valence-electron chi connectivity index (χ2n) is 7.45. The van der Waals surface area contributed by atoms with Crippen LogP contribution < -0.4 is 15.4 Å². The van der Waals surface area contributed by atoms with Crippen molar-refractivity contribution in [2.75, 3.05) is 58.4 Å². The Balaban J connectivity index is 1.88. The highest BCUT2D eigenvalue weighted by molar-refractivity contribution is 5.95. The first-order valence-electron chi connectivity index (χ1n) is 10.7. The van der Waals surface area contributed by atoms with E-state index in [0.29, 0.717) is 32.3 Å². The molecule has 1 heterocycles. The maximum Gasteiger partial charge on any atom is 0.244 e. The highest BCUT2D eigenvalue weighted by atomic mass is 16.5. The third-order valence-electron chi connectivity index (χ3n) is 4.51. The zero-order valence-corrected chi connectivity index (χ0v) is 18.5. The normalized spacial score (nSPS) is 14.3. The Morgan fingerprint density at radius 1 is 1.13 bits per heavy atom. The Hall–Kier alpha value is -2.32. The quantitative estimate of drug-likeness (QED) is 0.307. The standard InChI is InChI=1S/C22H36N4O4/c1-18(2)30-20-9-7-19(8-10-20)25-22(23-11-6-14-29-16-15-28-3)24-17-21(27)26-12-4-5-13-26/h7-10,18H,4-6,11-17H2,1-3H3,(H2,23,24,25). The molecule has 0 aliphatic carbocycles. The molecule has 0 spiro atoms. The van der Waals surface area contributed by atoms with Crippen molar-refractivity contribution in [3.63, 3.8) is 0 Å². The summed E-state index contributed by atoms with van der Waals surface area (Å²) in [6.07, 6.45) is 3.11. The van der Waals surface area contributed by atoms with E-state index in [-0.39, 0.29) is 18.6 Å². The van der Waals surface area contributed by atoms with E-state index >= 15 is 0 Å². The van der Waals surface area contributed by atoms with Crippen molar-refractivity contribution in [3.05, 3.63) is 24.3 Å². The van der Waals surface area contributed by atoms with Gasteiger partial charge in [0.15, 0.2) is 5.96 Å². The first-order valence-corrected chi connectivity index (χ1v) is 10.7. The monoisotopic (exact) mass is 420 g/mol. The molecule has 168 valence electrons. The van der Waals surface area contributed by atoms with Gasteiger partial charge >= 0.3 is 0 Å². The zero-order valence-electron chi connectivity index (χ0n) is 18.5. The number of carbonyl (C=O) groups excluding carboxylic acids is 1. The number of nitrogens with one attached hydrogen (secondary N) is 2. The fourth-order valence-electron chi connectivity index (χ4n) is 3.00. The summed E-state index contributed by atoms with van der Waals surface area (Å²) < 4.78 is 16.1. The molecule has 0 aromatic heterocycles. The van der Waals surface area contributed by atoms with Gasteiger partial charge in [-0.3, -0.25) is 4.79 Å². The first kappa shape index (κ1) is 24.0. The number of hydrogen-bond donors (Lipinski definition) is 2. The molecule has 1 fully saturated rings. The van der Waals surface area contributed by atoms with Crippen LogP contribution in [-0.2, 0) is 14.3 Å². The number of rotatable bonds is 12. The van der Waals surface area contributed by atoms with Gasteiger partial charge in [-0.1, -0.05) is 0 Å². The molecule has 1 aliphatic heterocycles. The van der Waals surface area contributed by atoms with Crippen molar-refractivity contribution >= 4 is 17.6 Å². The van der Waals surface area contributed by atoms with E-state index in [9.17, 15) is 4.79 Å². The Labute approximate surface area is 180 Å². The van der Waals surface area contributed by atoms with Gasteiger partial charge in [0.05, 0.1) is 19.3 Å². The largest absolute Gasteiger partial charge is 0.491 e. The number of benzene rings is 1. The summed E-state index contributed by atoms with van der Waals surface area (Å²) in [5.41, 5.74) is 0.877. The molecule has 1 aromatic rings. The molecule has 1 amide bonds. The topological polar surface area (TPSA) is 84.4 Å². The van der Waals surface area contributed by atoms with Gasteiger partial charge in [0.2, 0.25) is 5.91 Å². The van der Waals surface area contributed by atoms with Crippen LogP contribution in [0, 0.1) is 0 Å². The van der Waals surface area contributed by atoms with Crippen LogP contribution in [0.25, 0.3) is 0 Å². The Bertz CT molecular complexity index is 643. The summed E-state index contributed by atoms with van der Waals surface area (Å²) >= 11 is 0. The lowest BCUT2D eigenvalue weighted by atomic mass is 10.3. The number of carbonyl (C=O) groups is 1. The number of ether oxygens (including phenoxy) is 3. The van der Waals surface area contributed by atoms with E-state index in [1.807, 2.05) is 43.0 Å². The number of amides is 1. The lowest BCUT2D eigenvalue weighted by molar-refractivity contribution is -0.128. The van der Waals surface area contributed by atoms with Gasteiger partial charge in [0.25, 0.3) is 0 Å². The van der Waals surface area contributed by atoms with Crippen LogP contribution in [0.5, 0.6) is 5.75 Å². The summed E-state index contributed by atoms with van der Waals surface area (Å²) in [4.78, 5) is 18.7. The molecule has 2 N–H and O–H groups in total. The molecule has 8 nitrogen and oxygen atoms in total. The summed E-state index contributed by atoms with van der Waals surface area (Å²) in [6, 6.07) is 7.70. The van der Waals surface area contributed by atoms with Crippen LogP contribution in [0.2, 0.25) is 0 Å². The van der Waals surface area contributed by atoms with Crippen LogP contribution in [0.3, 0.4) is 0 Å². The molecule has 0 saturated carbocycles. The van der Waals surface area contributed by atoms with Crippen molar-refractivity contribution in [2.24, 2.45) is 4.99 Å². The van der Waals surface area contributed by atoms with Gasteiger partial charge < -0.3 is 29.7 Å². The van der Waals surface area contributed by atoms with Gasteiger partial charge in [-0.05, 0) is 57.4 Å². The Morgan fingerprint density at radius 3 is 2.53 bits per heavy atom. The average Bonchev–Trinajstić information content (AvgIpc) is 3.27. The van der Waals surface area contributed by atoms with Crippen LogP contribution in [0.4, 0.5) is 5.69 Å². The number of nitrogens with zero attached hydrogens (tertiary/aromatic N) is 2. The summed E-state index contributed by atoms with van der Waals surface area (Å²) in [7, 11) is 1.66. The van der Waals surface area contributed by atoms with E-state index in [4.69, 9.17) is 14.2 Å². The van der Waals surface area contributed by atoms with E-state index < -0.39 is 0 Å². The summed E-state index contributed by atoms with van der Waals surface area (Å²) in [5.74, 6) is 1.47. The van der Waals surface area contributed by atoms with Gasteiger partial charge in [-0.2, -0.15) is 0 Å². The van der Waals surface area contributed by atoms with Crippen molar-refractivity contribution in [2.45, 2.75) is 39.2 Å². The first-order chi connectivity index (χ1) is 14.6. The fourth-order valence-corrected chi connectivity index (χ4v) is 3.00. The molecule has 8 heteroatoms. The molecule has 0 unspecified atom stereocenters. The minimum Gasteiger partial charge on any atom is -0.491 e. The van der Waals surface area contributed by atoms with E-state index in [2.05, 4.69) is 15.6 Å². The minimum atomic E-state index is 0.0668. The van der Waals surface area contributed by atoms with Crippen LogP contribution >= 0.6 is 0 Å². The summed E-state index contributed by atoms with van der Waals surface area (Å²) in [6.45, 7) is 8.30. The second kappa shape index (κ2) is 13.8. The van der Waals surface area contributed by atoms with Crippen LogP contribution in [0.1, 0.15) is 33.1 Å². The number of hydrogen-bond acceptors (Lipinski definition) is 5. The van der Waals surface area contributed by atoms with Crippen LogP contribution in [-0.4, -0.2) is 76.0 Å². The van der Waals surface area contributed by atoms with Gasteiger partial charge in [-0.25, -0.2) is 4.99 Å². The molecule has 2 rings (SSSR count). The number of aliphatic imine (C=N–C) groups is 1. The molecule has 30 heavy (non-hydrogen) atoms. The number of likely N-dealkylation sites (tertiary alicyclic amines) is 1. The Morgan fingerprint density at radius 2 is 1.87 bits per heavy atom. The molecule has 1 saturated heterocycles. The van der Waals surface area contributed by atoms with E-state index in [0.717, 1.165) is 43.8 Å². The second-order valence-corrected chi connectivity index (χ2v) is 7.45. The molecular weight excluding hydrogens is 384 g/mol. The van der Waals surface area contributed by atoms with Crippen molar-refractivity contribution in [1.82, 2.24) is 10.2 Å².